The molecule has 14 heavy (non-hydrogen) atoms. The summed E-state index contributed by atoms with van der Waals surface area (Å²) in [6.07, 6.45) is 0. The van der Waals surface area contributed by atoms with Crippen molar-refractivity contribution in [2.45, 2.75) is 24.9 Å². The SMILES string of the molecule is CC(C)SCc1ccc(C#N)cc1F. The van der Waals surface area contributed by atoms with E-state index >= 15 is 0 Å². The molecule has 0 amide bonds. The Hall–Kier alpha value is -1.01. The van der Waals surface area contributed by atoms with Gasteiger partial charge in [-0.2, -0.15) is 17.0 Å². The lowest BCUT2D eigenvalue weighted by atomic mass is 10.1. The first kappa shape index (κ1) is 11.1. The highest BCUT2D eigenvalue weighted by Crippen LogP contribution is 2.19. The highest BCUT2D eigenvalue weighted by Gasteiger charge is 2.04. The summed E-state index contributed by atoms with van der Waals surface area (Å²) in [7, 11) is 0. The van der Waals surface area contributed by atoms with Crippen LogP contribution in [0, 0.1) is 17.1 Å². The molecule has 1 aromatic rings. The zero-order valence-corrected chi connectivity index (χ0v) is 9.07. The predicted octanol–water partition coefficient (Wildman–Crippen LogP) is 3.34. The third kappa shape index (κ3) is 3.04. The maximum absolute atomic E-state index is 13.3. The Morgan fingerprint density at radius 1 is 1.50 bits per heavy atom. The molecule has 0 aromatic heterocycles. The Bertz CT molecular complexity index is 355. The Kier molecular flexibility index (Phi) is 3.97. The highest BCUT2D eigenvalue weighted by atomic mass is 32.2. The minimum atomic E-state index is -0.280. The van der Waals surface area contributed by atoms with E-state index in [1.807, 2.05) is 6.07 Å². The van der Waals surface area contributed by atoms with E-state index in [9.17, 15) is 4.39 Å². The van der Waals surface area contributed by atoms with Gasteiger partial charge in [0, 0.05) is 5.75 Å². The first-order chi connectivity index (χ1) is 6.63. The van der Waals surface area contributed by atoms with Crippen LogP contribution in [-0.4, -0.2) is 5.25 Å². The fraction of sp³-hybridized carbons (Fsp3) is 0.364. The van der Waals surface area contributed by atoms with Crippen LogP contribution in [0.1, 0.15) is 25.0 Å². The molecule has 0 aliphatic rings. The molecule has 0 saturated heterocycles. The first-order valence-corrected chi connectivity index (χ1v) is 5.48. The average molecular weight is 209 g/mol. The van der Waals surface area contributed by atoms with E-state index in [1.165, 1.54) is 6.07 Å². The summed E-state index contributed by atoms with van der Waals surface area (Å²) in [5, 5.41) is 9.04. The molecule has 0 saturated carbocycles. The lowest BCUT2D eigenvalue weighted by Gasteiger charge is -2.05. The molecule has 0 N–H and O–H groups in total. The predicted molar refractivity (Wildman–Crippen MR) is 57.5 cm³/mol. The van der Waals surface area contributed by atoms with E-state index in [0.29, 0.717) is 22.1 Å². The second-order valence-corrected chi connectivity index (χ2v) is 4.84. The van der Waals surface area contributed by atoms with Crippen molar-refractivity contribution in [3.05, 3.63) is 35.1 Å². The second kappa shape index (κ2) is 5.02. The van der Waals surface area contributed by atoms with Crippen LogP contribution in [0.2, 0.25) is 0 Å². The molecule has 0 aliphatic carbocycles. The smallest absolute Gasteiger partial charge is 0.128 e. The topological polar surface area (TPSA) is 23.8 Å². The largest absolute Gasteiger partial charge is 0.207 e. The molecule has 0 spiro atoms. The quantitative estimate of drug-likeness (QED) is 0.762. The highest BCUT2D eigenvalue weighted by molar-refractivity contribution is 7.99. The van der Waals surface area contributed by atoms with E-state index in [-0.39, 0.29) is 5.82 Å². The van der Waals surface area contributed by atoms with E-state index < -0.39 is 0 Å². The third-order valence-corrected chi connectivity index (χ3v) is 2.90. The number of hydrogen-bond donors (Lipinski definition) is 0. The Morgan fingerprint density at radius 3 is 2.71 bits per heavy atom. The van der Waals surface area contributed by atoms with Gasteiger partial charge < -0.3 is 0 Å². The van der Waals surface area contributed by atoms with Gasteiger partial charge >= 0.3 is 0 Å². The lowest BCUT2D eigenvalue weighted by Crippen LogP contribution is -1.93. The minimum absolute atomic E-state index is 0.280. The van der Waals surface area contributed by atoms with Crippen LogP contribution in [-0.2, 0) is 5.75 Å². The van der Waals surface area contributed by atoms with Gasteiger partial charge in [-0.15, -0.1) is 0 Å². The summed E-state index contributed by atoms with van der Waals surface area (Å²) in [5.74, 6) is 0.382. The van der Waals surface area contributed by atoms with Crippen LogP contribution in [0.4, 0.5) is 4.39 Å². The first-order valence-electron chi connectivity index (χ1n) is 4.43. The molecular formula is C11H12FNS. The molecule has 0 bridgehead atoms. The van der Waals surface area contributed by atoms with Gasteiger partial charge in [-0.25, -0.2) is 4.39 Å². The van der Waals surface area contributed by atoms with Gasteiger partial charge in [-0.1, -0.05) is 19.9 Å². The molecule has 3 heteroatoms. The maximum Gasteiger partial charge on any atom is 0.128 e. The van der Waals surface area contributed by atoms with Gasteiger partial charge in [0.2, 0.25) is 0 Å². The molecular weight excluding hydrogens is 197 g/mol. The van der Waals surface area contributed by atoms with E-state index in [2.05, 4.69) is 13.8 Å². The summed E-state index contributed by atoms with van der Waals surface area (Å²) in [6, 6.07) is 6.54. The minimum Gasteiger partial charge on any atom is -0.207 e. The molecule has 1 aromatic carbocycles. The summed E-state index contributed by atoms with van der Waals surface area (Å²) in [4.78, 5) is 0. The average Bonchev–Trinajstić information content (AvgIpc) is 2.15. The Balaban J connectivity index is 2.75. The maximum atomic E-state index is 13.3. The van der Waals surface area contributed by atoms with Crippen molar-refractivity contribution in [3.8, 4) is 6.07 Å². The summed E-state index contributed by atoms with van der Waals surface area (Å²) < 4.78 is 13.3. The van der Waals surface area contributed by atoms with Crippen LogP contribution < -0.4 is 0 Å². The molecule has 0 heterocycles. The van der Waals surface area contributed by atoms with E-state index in [1.54, 1.807) is 23.9 Å². The number of benzene rings is 1. The fourth-order valence-corrected chi connectivity index (χ4v) is 1.74. The fourth-order valence-electron chi connectivity index (χ4n) is 0.990. The second-order valence-electron chi connectivity index (χ2n) is 3.28. The molecule has 1 nitrogen and oxygen atoms in total. The summed E-state index contributed by atoms with van der Waals surface area (Å²) in [6.45, 7) is 4.15. The number of thioether (sulfide) groups is 1. The number of halogens is 1. The van der Waals surface area contributed by atoms with Gasteiger partial charge in [0.25, 0.3) is 0 Å². The van der Waals surface area contributed by atoms with Gasteiger partial charge in [-0.05, 0) is 22.9 Å². The molecule has 1 rings (SSSR count). The van der Waals surface area contributed by atoms with Crippen LogP contribution in [0.15, 0.2) is 18.2 Å². The molecule has 0 unspecified atom stereocenters. The van der Waals surface area contributed by atoms with Gasteiger partial charge in [0.1, 0.15) is 5.82 Å². The van der Waals surface area contributed by atoms with E-state index in [0.717, 1.165) is 0 Å². The zero-order chi connectivity index (χ0) is 10.6. The molecule has 74 valence electrons. The summed E-state index contributed by atoms with van der Waals surface area (Å²) in [5.41, 5.74) is 1.04. The van der Waals surface area contributed by atoms with Crippen molar-refractivity contribution in [3.63, 3.8) is 0 Å². The molecule has 0 fully saturated rings. The van der Waals surface area contributed by atoms with E-state index in [4.69, 9.17) is 5.26 Å². The Morgan fingerprint density at radius 2 is 2.21 bits per heavy atom. The van der Waals surface area contributed by atoms with Gasteiger partial charge in [0.05, 0.1) is 11.6 Å². The number of nitriles is 1. The normalized spacial score (nSPS) is 10.2. The number of nitrogens with zero attached hydrogens (tertiary/aromatic N) is 1. The van der Waals surface area contributed by atoms with Crippen molar-refractivity contribution < 1.29 is 4.39 Å². The van der Waals surface area contributed by atoms with Gasteiger partial charge in [-0.3, -0.25) is 0 Å². The van der Waals surface area contributed by atoms with Crippen molar-refractivity contribution in [2.75, 3.05) is 0 Å². The van der Waals surface area contributed by atoms with Crippen molar-refractivity contribution in [1.82, 2.24) is 0 Å². The number of hydrogen-bond acceptors (Lipinski definition) is 2. The third-order valence-electron chi connectivity index (χ3n) is 1.75. The van der Waals surface area contributed by atoms with Crippen LogP contribution in [0.25, 0.3) is 0 Å². The monoisotopic (exact) mass is 209 g/mol. The molecule has 0 atom stereocenters. The van der Waals surface area contributed by atoms with Crippen LogP contribution in [0.3, 0.4) is 0 Å². The zero-order valence-electron chi connectivity index (χ0n) is 8.25. The van der Waals surface area contributed by atoms with Gasteiger partial charge in [0.15, 0.2) is 0 Å². The van der Waals surface area contributed by atoms with Crippen molar-refractivity contribution >= 4 is 11.8 Å². The molecule has 0 radical (unpaired) electrons. The lowest BCUT2D eigenvalue weighted by molar-refractivity contribution is 0.617. The van der Waals surface area contributed by atoms with Crippen molar-refractivity contribution in [2.24, 2.45) is 0 Å². The number of rotatable bonds is 3. The van der Waals surface area contributed by atoms with Crippen LogP contribution in [0.5, 0.6) is 0 Å². The standard InChI is InChI=1S/C11H12FNS/c1-8(2)14-7-10-4-3-9(6-13)5-11(10)12/h3-5,8H,7H2,1-2H3. The Labute approximate surface area is 87.9 Å². The molecule has 0 aliphatic heterocycles. The van der Waals surface area contributed by atoms with Crippen molar-refractivity contribution in [1.29, 1.82) is 5.26 Å². The van der Waals surface area contributed by atoms with Crippen LogP contribution >= 0.6 is 11.8 Å². The summed E-state index contributed by atoms with van der Waals surface area (Å²) >= 11 is 1.69.